The normalized spacial score (nSPS) is 15.1. The SMILES string of the molecule is COCCCCC#C/C(=C\C#CCSc1ccccc1)C1SCc2ccccc21. The molecule has 1 heterocycles. The molecule has 0 saturated carbocycles. The molecule has 1 atom stereocenters. The summed E-state index contributed by atoms with van der Waals surface area (Å²) in [6.07, 6.45) is 5.06. The number of allylic oxidation sites excluding steroid dienone is 1. The highest BCUT2D eigenvalue weighted by atomic mass is 32.2. The average molecular weight is 419 g/mol. The van der Waals surface area contributed by atoms with Gasteiger partial charge in [-0.2, -0.15) is 0 Å². The molecule has 3 heteroatoms. The molecular formula is C26H26OS2. The van der Waals surface area contributed by atoms with Crippen LogP contribution in [-0.4, -0.2) is 19.5 Å². The summed E-state index contributed by atoms with van der Waals surface area (Å²) in [6, 6.07) is 19.1. The van der Waals surface area contributed by atoms with Crippen molar-refractivity contribution in [2.24, 2.45) is 0 Å². The van der Waals surface area contributed by atoms with Crippen molar-refractivity contribution >= 4 is 23.5 Å². The second-order valence-electron chi connectivity index (χ2n) is 6.66. The Balaban J connectivity index is 1.67. The minimum atomic E-state index is 0.300. The molecule has 1 aliphatic heterocycles. The van der Waals surface area contributed by atoms with Crippen LogP contribution >= 0.6 is 23.5 Å². The second-order valence-corrected chi connectivity index (χ2v) is 8.81. The van der Waals surface area contributed by atoms with Crippen molar-refractivity contribution in [3.63, 3.8) is 0 Å². The fourth-order valence-electron chi connectivity index (χ4n) is 3.05. The van der Waals surface area contributed by atoms with E-state index in [0.29, 0.717) is 5.25 Å². The minimum absolute atomic E-state index is 0.300. The van der Waals surface area contributed by atoms with Gasteiger partial charge in [-0.25, -0.2) is 0 Å². The van der Waals surface area contributed by atoms with Crippen molar-refractivity contribution < 1.29 is 4.74 Å². The summed E-state index contributed by atoms with van der Waals surface area (Å²) in [5.41, 5.74) is 3.93. The monoisotopic (exact) mass is 418 g/mol. The van der Waals surface area contributed by atoms with Gasteiger partial charge in [0, 0.05) is 42.4 Å². The molecule has 0 N–H and O–H groups in total. The van der Waals surface area contributed by atoms with Crippen LogP contribution in [0.3, 0.4) is 0 Å². The van der Waals surface area contributed by atoms with Gasteiger partial charge in [0.05, 0.1) is 11.0 Å². The second kappa shape index (κ2) is 12.5. The maximum Gasteiger partial charge on any atom is 0.0638 e. The van der Waals surface area contributed by atoms with Gasteiger partial charge < -0.3 is 4.74 Å². The first kappa shape index (κ1) is 21.7. The zero-order valence-corrected chi connectivity index (χ0v) is 18.5. The highest BCUT2D eigenvalue weighted by Crippen LogP contribution is 2.45. The van der Waals surface area contributed by atoms with Crippen LogP contribution in [0.5, 0.6) is 0 Å². The van der Waals surface area contributed by atoms with Crippen LogP contribution in [-0.2, 0) is 10.5 Å². The number of thioether (sulfide) groups is 2. The van der Waals surface area contributed by atoms with E-state index >= 15 is 0 Å². The molecule has 0 aromatic heterocycles. The molecule has 1 aliphatic rings. The van der Waals surface area contributed by atoms with E-state index < -0.39 is 0 Å². The molecule has 3 rings (SSSR count). The Morgan fingerprint density at radius 2 is 1.93 bits per heavy atom. The van der Waals surface area contributed by atoms with Crippen molar-refractivity contribution in [2.75, 3.05) is 19.5 Å². The van der Waals surface area contributed by atoms with Gasteiger partial charge >= 0.3 is 0 Å². The molecule has 2 aromatic carbocycles. The van der Waals surface area contributed by atoms with Crippen LogP contribution in [0.2, 0.25) is 0 Å². The third-order valence-electron chi connectivity index (χ3n) is 4.54. The lowest BCUT2D eigenvalue weighted by Crippen LogP contribution is -1.94. The molecule has 0 bridgehead atoms. The van der Waals surface area contributed by atoms with E-state index in [2.05, 4.69) is 72.2 Å². The topological polar surface area (TPSA) is 9.23 Å². The van der Waals surface area contributed by atoms with Crippen LogP contribution in [0, 0.1) is 23.7 Å². The maximum atomic E-state index is 5.11. The molecule has 0 amide bonds. The highest BCUT2D eigenvalue weighted by Gasteiger charge is 2.24. The van der Waals surface area contributed by atoms with Crippen molar-refractivity contribution in [1.29, 1.82) is 0 Å². The Morgan fingerprint density at radius 3 is 2.79 bits per heavy atom. The van der Waals surface area contributed by atoms with Crippen molar-refractivity contribution in [2.45, 2.75) is 35.2 Å². The van der Waals surface area contributed by atoms with E-state index in [1.165, 1.54) is 16.0 Å². The van der Waals surface area contributed by atoms with Gasteiger partial charge in [-0.3, -0.25) is 0 Å². The summed E-state index contributed by atoms with van der Waals surface area (Å²) >= 11 is 3.71. The Morgan fingerprint density at radius 1 is 1.10 bits per heavy atom. The summed E-state index contributed by atoms with van der Waals surface area (Å²) in [7, 11) is 1.75. The Bertz CT molecular complexity index is 926. The number of fused-ring (bicyclic) bond motifs is 1. The molecule has 0 saturated heterocycles. The maximum absolute atomic E-state index is 5.11. The Labute approximate surface area is 183 Å². The number of hydrogen-bond acceptors (Lipinski definition) is 3. The molecule has 1 unspecified atom stereocenters. The van der Waals surface area contributed by atoms with E-state index in [4.69, 9.17) is 4.74 Å². The lowest BCUT2D eigenvalue weighted by atomic mass is 10.0. The summed E-state index contributed by atoms with van der Waals surface area (Å²) in [5.74, 6) is 15.1. The molecule has 0 radical (unpaired) electrons. The standard InChI is InChI=1S/C26H26OS2/c1-27-19-11-3-2-5-13-22(26-25-18-9-8-15-23(25)21-29-26)14-10-12-20-28-24-16-6-4-7-17-24/h4,6-9,14-18,26H,2-3,11,19-21H2,1H3/b22-14+. The lowest BCUT2D eigenvalue weighted by Gasteiger charge is -2.09. The first-order valence-electron chi connectivity index (χ1n) is 9.92. The quantitative estimate of drug-likeness (QED) is 0.288. The minimum Gasteiger partial charge on any atom is -0.385 e. The lowest BCUT2D eigenvalue weighted by molar-refractivity contribution is 0.193. The van der Waals surface area contributed by atoms with Gasteiger partial charge in [0.25, 0.3) is 0 Å². The smallest absolute Gasteiger partial charge is 0.0638 e. The number of rotatable bonds is 7. The molecule has 1 nitrogen and oxygen atoms in total. The molecular weight excluding hydrogens is 392 g/mol. The molecule has 148 valence electrons. The van der Waals surface area contributed by atoms with Crippen LogP contribution in [0.4, 0.5) is 0 Å². The fraction of sp³-hybridized carbons (Fsp3) is 0.308. The molecule has 2 aromatic rings. The largest absolute Gasteiger partial charge is 0.385 e. The van der Waals surface area contributed by atoms with Crippen LogP contribution in [0.25, 0.3) is 0 Å². The Hall–Kier alpha value is -2.04. The average Bonchev–Trinajstić information content (AvgIpc) is 3.19. The van der Waals surface area contributed by atoms with Crippen LogP contribution in [0.15, 0.2) is 71.1 Å². The summed E-state index contributed by atoms with van der Waals surface area (Å²) in [6.45, 7) is 0.806. The van der Waals surface area contributed by atoms with Gasteiger partial charge in [0.1, 0.15) is 0 Å². The van der Waals surface area contributed by atoms with Crippen molar-refractivity contribution in [1.82, 2.24) is 0 Å². The van der Waals surface area contributed by atoms with Gasteiger partial charge in [-0.15, -0.1) is 23.5 Å². The van der Waals surface area contributed by atoms with Gasteiger partial charge in [0.2, 0.25) is 0 Å². The predicted octanol–water partition coefficient (Wildman–Crippen LogP) is 6.52. The number of methoxy groups -OCH3 is 1. The van der Waals surface area contributed by atoms with Gasteiger partial charge in [-0.1, -0.05) is 66.1 Å². The van der Waals surface area contributed by atoms with E-state index in [-0.39, 0.29) is 0 Å². The van der Waals surface area contributed by atoms with Gasteiger partial charge in [0.15, 0.2) is 0 Å². The van der Waals surface area contributed by atoms with Crippen molar-refractivity contribution in [3.05, 3.63) is 77.4 Å². The zero-order chi connectivity index (χ0) is 20.2. The highest BCUT2D eigenvalue weighted by molar-refractivity contribution is 7.99. The third-order valence-corrected chi connectivity index (χ3v) is 6.76. The zero-order valence-electron chi connectivity index (χ0n) is 16.8. The van der Waals surface area contributed by atoms with E-state index in [1.807, 2.05) is 23.9 Å². The third kappa shape index (κ3) is 7.06. The predicted molar refractivity (Wildman–Crippen MR) is 127 cm³/mol. The van der Waals surface area contributed by atoms with Crippen LogP contribution in [0.1, 0.15) is 35.6 Å². The van der Waals surface area contributed by atoms with E-state index in [1.54, 1.807) is 18.9 Å². The number of ether oxygens (including phenoxy) is 1. The first-order valence-corrected chi connectivity index (χ1v) is 12.0. The van der Waals surface area contributed by atoms with Crippen LogP contribution < -0.4 is 0 Å². The summed E-state index contributed by atoms with van der Waals surface area (Å²) < 4.78 is 5.11. The number of benzene rings is 2. The van der Waals surface area contributed by atoms with Crippen molar-refractivity contribution in [3.8, 4) is 23.7 Å². The van der Waals surface area contributed by atoms with E-state index in [0.717, 1.165) is 42.9 Å². The Kier molecular flexibility index (Phi) is 9.34. The van der Waals surface area contributed by atoms with E-state index in [9.17, 15) is 0 Å². The number of unbranched alkanes of at least 4 members (excludes halogenated alkanes) is 2. The summed E-state index contributed by atoms with van der Waals surface area (Å²) in [5, 5.41) is 0.300. The fourth-order valence-corrected chi connectivity index (χ4v) is 5.05. The van der Waals surface area contributed by atoms with Gasteiger partial charge in [-0.05, 0) is 36.1 Å². The summed E-state index contributed by atoms with van der Waals surface area (Å²) in [4.78, 5) is 1.25. The first-order chi connectivity index (χ1) is 14.4. The number of hydrogen-bond donors (Lipinski definition) is 0. The molecule has 29 heavy (non-hydrogen) atoms. The molecule has 0 fully saturated rings. The molecule has 0 spiro atoms. The molecule has 0 aliphatic carbocycles.